The Balaban J connectivity index is 1.70. The zero-order chi connectivity index (χ0) is 12.5. The average Bonchev–Trinajstić information content (AvgIpc) is 2.84. The van der Waals surface area contributed by atoms with Crippen LogP contribution in [0.3, 0.4) is 0 Å². The highest BCUT2D eigenvalue weighted by atomic mass is 16.3. The van der Waals surface area contributed by atoms with Gasteiger partial charge in [-0.15, -0.1) is 0 Å². The maximum atomic E-state index is 12.3. The molecule has 2 unspecified atom stereocenters. The molecule has 0 saturated carbocycles. The summed E-state index contributed by atoms with van der Waals surface area (Å²) in [5.74, 6) is 0.179. The Kier molecular flexibility index (Phi) is 2.96. The Morgan fingerprint density at radius 1 is 1.39 bits per heavy atom. The highest BCUT2D eigenvalue weighted by molar-refractivity contribution is 5.81. The smallest absolute Gasteiger partial charge is 0.227 e. The van der Waals surface area contributed by atoms with Crippen LogP contribution in [0, 0.1) is 5.92 Å². The van der Waals surface area contributed by atoms with E-state index in [9.17, 15) is 9.90 Å². The molecule has 2 heterocycles. The van der Waals surface area contributed by atoms with Gasteiger partial charge in [-0.05, 0) is 24.5 Å². The Morgan fingerprint density at radius 2 is 2.22 bits per heavy atom. The number of β-amino-alcohol motifs (C(OH)–C–C–N with tert-alkyl or cyclic N) is 1. The third-order valence-corrected chi connectivity index (χ3v) is 3.85. The molecule has 0 aliphatic carbocycles. The number of amides is 1. The van der Waals surface area contributed by atoms with Gasteiger partial charge in [-0.25, -0.2) is 0 Å². The zero-order valence-electron chi connectivity index (χ0n) is 10.3. The van der Waals surface area contributed by atoms with Gasteiger partial charge in [0.1, 0.15) is 0 Å². The van der Waals surface area contributed by atoms with E-state index in [1.54, 1.807) is 4.90 Å². The van der Waals surface area contributed by atoms with Gasteiger partial charge >= 0.3 is 0 Å². The van der Waals surface area contributed by atoms with E-state index >= 15 is 0 Å². The van der Waals surface area contributed by atoms with Crippen molar-refractivity contribution in [2.45, 2.75) is 18.9 Å². The molecule has 0 bridgehead atoms. The van der Waals surface area contributed by atoms with Crippen molar-refractivity contribution < 1.29 is 9.90 Å². The second-order valence-electron chi connectivity index (χ2n) is 5.17. The van der Waals surface area contributed by atoms with Crippen molar-refractivity contribution in [3.8, 4) is 0 Å². The molecular weight excluding hydrogens is 228 g/mol. The maximum absolute atomic E-state index is 12.3. The standard InChI is InChI=1S/C14H18N2O2/c17-12-5-6-16(9-12)14(18)11-7-10-3-1-2-4-13(10)15-8-11/h1-4,11-12,15,17H,5-9H2. The van der Waals surface area contributed by atoms with E-state index in [0.717, 1.165) is 12.1 Å². The van der Waals surface area contributed by atoms with Crippen molar-refractivity contribution in [3.63, 3.8) is 0 Å². The summed E-state index contributed by atoms with van der Waals surface area (Å²) in [6.07, 6.45) is 1.18. The summed E-state index contributed by atoms with van der Waals surface area (Å²) < 4.78 is 0. The summed E-state index contributed by atoms with van der Waals surface area (Å²) >= 11 is 0. The Labute approximate surface area is 107 Å². The number of rotatable bonds is 1. The molecule has 1 aromatic carbocycles. The van der Waals surface area contributed by atoms with E-state index in [1.165, 1.54) is 5.56 Å². The van der Waals surface area contributed by atoms with Crippen LogP contribution < -0.4 is 5.32 Å². The Morgan fingerprint density at radius 3 is 3.00 bits per heavy atom. The van der Waals surface area contributed by atoms with Gasteiger partial charge in [-0.1, -0.05) is 18.2 Å². The predicted octanol–water partition coefficient (Wildman–Crippen LogP) is 0.864. The molecule has 1 fully saturated rings. The van der Waals surface area contributed by atoms with Gasteiger partial charge in [0.15, 0.2) is 0 Å². The lowest BCUT2D eigenvalue weighted by Crippen LogP contribution is -2.40. The first kappa shape index (κ1) is 11.5. The SMILES string of the molecule is O=C(C1CNc2ccccc2C1)N1CCC(O)C1. The van der Waals surface area contributed by atoms with E-state index in [-0.39, 0.29) is 17.9 Å². The maximum Gasteiger partial charge on any atom is 0.227 e. The number of para-hydroxylation sites is 1. The Bertz CT molecular complexity index is 461. The van der Waals surface area contributed by atoms with Crippen molar-refractivity contribution in [1.82, 2.24) is 4.90 Å². The summed E-state index contributed by atoms with van der Waals surface area (Å²) in [7, 11) is 0. The number of likely N-dealkylation sites (tertiary alicyclic amines) is 1. The lowest BCUT2D eigenvalue weighted by molar-refractivity contribution is -0.134. The molecule has 0 radical (unpaired) electrons. The topological polar surface area (TPSA) is 52.6 Å². The Hall–Kier alpha value is -1.55. The van der Waals surface area contributed by atoms with Gasteiger partial charge in [0, 0.05) is 25.3 Å². The molecule has 2 aliphatic heterocycles. The van der Waals surface area contributed by atoms with Crippen LogP contribution in [0.1, 0.15) is 12.0 Å². The van der Waals surface area contributed by atoms with Gasteiger partial charge < -0.3 is 15.3 Å². The van der Waals surface area contributed by atoms with Crippen molar-refractivity contribution in [2.24, 2.45) is 5.92 Å². The molecule has 2 aliphatic rings. The molecule has 1 saturated heterocycles. The number of hydrogen-bond donors (Lipinski definition) is 2. The molecule has 96 valence electrons. The van der Waals surface area contributed by atoms with Gasteiger partial charge in [0.05, 0.1) is 12.0 Å². The van der Waals surface area contributed by atoms with Gasteiger partial charge in [-0.2, -0.15) is 0 Å². The van der Waals surface area contributed by atoms with Crippen LogP contribution in [0.2, 0.25) is 0 Å². The first-order valence-corrected chi connectivity index (χ1v) is 6.52. The number of hydrogen-bond acceptors (Lipinski definition) is 3. The first-order valence-electron chi connectivity index (χ1n) is 6.52. The first-order chi connectivity index (χ1) is 8.74. The summed E-state index contributed by atoms with van der Waals surface area (Å²) in [6, 6.07) is 8.13. The fourth-order valence-electron chi connectivity index (χ4n) is 2.82. The number of anilines is 1. The normalized spacial score (nSPS) is 26.6. The number of carbonyl (C=O) groups is 1. The summed E-state index contributed by atoms with van der Waals surface area (Å²) in [5, 5.41) is 12.8. The molecule has 0 aromatic heterocycles. The van der Waals surface area contributed by atoms with Crippen LogP contribution >= 0.6 is 0 Å². The third kappa shape index (κ3) is 2.08. The molecule has 18 heavy (non-hydrogen) atoms. The highest BCUT2D eigenvalue weighted by Gasteiger charge is 2.31. The monoisotopic (exact) mass is 246 g/mol. The van der Waals surface area contributed by atoms with E-state index < -0.39 is 0 Å². The van der Waals surface area contributed by atoms with Gasteiger partial charge in [0.25, 0.3) is 0 Å². The lowest BCUT2D eigenvalue weighted by Gasteiger charge is -2.28. The number of carbonyl (C=O) groups excluding carboxylic acids is 1. The molecule has 4 heteroatoms. The third-order valence-electron chi connectivity index (χ3n) is 3.85. The molecule has 4 nitrogen and oxygen atoms in total. The van der Waals surface area contributed by atoms with Crippen molar-refractivity contribution in [1.29, 1.82) is 0 Å². The van der Waals surface area contributed by atoms with Crippen LogP contribution in [-0.4, -0.2) is 41.7 Å². The largest absolute Gasteiger partial charge is 0.391 e. The van der Waals surface area contributed by atoms with E-state index in [2.05, 4.69) is 17.4 Å². The second kappa shape index (κ2) is 4.61. The molecule has 2 atom stereocenters. The second-order valence-corrected chi connectivity index (χ2v) is 5.17. The fraction of sp³-hybridized carbons (Fsp3) is 0.500. The van der Waals surface area contributed by atoms with E-state index in [0.29, 0.717) is 26.1 Å². The lowest BCUT2D eigenvalue weighted by atomic mass is 9.93. The average molecular weight is 246 g/mol. The zero-order valence-corrected chi connectivity index (χ0v) is 10.3. The van der Waals surface area contributed by atoms with Crippen LogP contribution in [0.15, 0.2) is 24.3 Å². The molecule has 3 rings (SSSR count). The summed E-state index contributed by atoms with van der Waals surface area (Å²) in [4.78, 5) is 14.1. The van der Waals surface area contributed by atoms with Crippen LogP contribution in [0.4, 0.5) is 5.69 Å². The molecular formula is C14H18N2O2. The number of benzene rings is 1. The number of aliphatic hydroxyl groups is 1. The molecule has 0 spiro atoms. The molecule has 1 amide bonds. The van der Waals surface area contributed by atoms with Crippen molar-refractivity contribution in [2.75, 3.05) is 25.0 Å². The van der Waals surface area contributed by atoms with Crippen LogP contribution in [0.25, 0.3) is 0 Å². The minimum Gasteiger partial charge on any atom is -0.391 e. The number of nitrogens with one attached hydrogen (secondary N) is 1. The van der Waals surface area contributed by atoms with Gasteiger partial charge in [-0.3, -0.25) is 4.79 Å². The molecule has 1 aromatic rings. The highest BCUT2D eigenvalue weighted by Crippen LogP contribution is 2.26. The number of nitrogens with zero attached hydrogens (tertiary/aromatic N) is 1. The van der Waals surface area contributed by atoms with E-state index in [1.807, 2.05) is 12.1 Å². The predicted molar refractivity (Wildman–Crippen MR) is 69.3 cm³/mol. The quantitative estimate of drug-likeness (QED) is 0.773. The van der Waals surface area contributed by atoms with Crippen molar-refractivity contribution in [3.05, 3.63) is 29.8 Å². The molecule has 2 N–H and O–H groups in total. The van der Waals surface area contributed by atoms with Crippen LogP contribution in [0.5, 0.6) is 0 Å². The number of aliphatic hydroxyl groups excluding tert-OH is 1. The number of fused-ring (bicyclic) bond motifs is 1. The minimum absolute atomic E-state index is 0.00481. The summed E-state index contributed by atoms with van der Waals surface area (Å²) in [5.41, 5.74) is 2.35. The van der Waals surface area contributed by atoms with Gasteiger partial charge in [0.2, 0.25) is 5.91 Å². The fourth-order valence-corrected chi connectivity index (χ4v) is 2.82. The minimum atomic E-state index is -0.335. The van der Waals surface area contributed by atoms with Crippen LogP contribution in [-0.2, 0) is 11.2 Å². The van der Waals surface area contributed by atoms with E-state index in [4.69, 9.17) is 0 Å². The van der Waals surface area contributed by atoms with Crippen molar-refractivity contribution >= 4 is 11.6 Å². The summed E-state index contributed by atoms with van der Waals surface area (Å²) in [6.45, 7) is 1.89.